The van der Waals surface area contributed by atoms with Gasteiger partial charge in [-0.05, 0) is 11.6 Å². The molecule has 0 amide bonds. The van der Waals surface area contributed by atoms with Gasteiger partial charge in [0.15, 0.2) is 5.78 Å². The number of Topliss-reactive ketones (excluding diaryl/α,β-unsaturated/α-hetero) is 1. The standard InChI is InChI=1S/C21H16N2O4/c24-19-10-17(20(25)15-7-2-1-6-14(15)19)23-18(21(26)27)9-12-11-22-16-8-4-3-5-13(12)16/h1-8,10-11,18,22-23H,9H2,(H,26,27). The predicted molar refractivity (Wildman–Crippen MR) is 99.7 cm³/mol. The van der Waals surface area contributed by atoms with E-state index in [0.717, 1.165) is 16.5 Å². The molecule has 1 aromatic heterocycles. The maximum Gasteiger partial charge on any atom is 0.326 e. The first-order valence-corrected chi connectivity index (χ1v) is 8.48. The maximum absolute atomic E-state index is 12.7. The van der Waals surface area contributed by atoms with Crippen LogP contribution in [0.2, 0.25) is 0 Å². The van der Waals surface area contributed by atoms with Crippen LogP contribution in [0, 0.1) is 0 Å². The molecule has 0 bridgehead atoms. The zero-order valence-corrected chi connectivity index (χ0v) is 14.2. The summed E-state index contributed by atoms with van der Waals surface area (Å²) >= 11 is 0. The van der Waals surface area contributed by atoms with Crippen molar-refractivity contribution in [1.29, 1.82) is 0 Å². The van der Waals surface area contributed by atoms with Crippen LogP contribution in [0.3, 0.4) is 0 Å². The lowest BCUT2D eigenvalue weighted by Gasteiger charge is -2.20. The highest BCUT2D eigenvalue weighted by molar-refractivity contribution is 6.24. The molecule has 4 rings (SSSR count). The van der Waals surface area contributed by atoms with Crippen LogP contribution in [0.25, 0.3) is 10.9 Å². The Morgan fingerprint density at radius 1 is 1.04 bits per heavy atom. The number of carbonyl (C=O) groups is 3. The minimum absolute atomic E-state index is 0.00550. The summed E-state index contributed by atoms with van der Waals surface area (Å²) < 4.78 is 0. The summed E-state index contributed by atoms with van der Waals surface area (Å²) in [5.74, 6) is -1.79. The molecule has 1 heterocycles. The van der Waals surface area contributed by atoms with E-state index in [1.165, 1.54) is 6.08 Å². The summed E-state index contributed by atoms with van der Waals surface area (Å²) in [5, 5.41) is 13.3. The molecule has 134 valence electrons. The van der Waals surface area contributed by atoms with Crippen molar-refractivity contribution in [3.05, 3.63) is 83.2 Å². The monoisotopic (exact) mass is 360 g/mol. The van der Waals surface area contributed by atoms with Crippen LogP contribution in [-0.2, 0) is 11.2 Å². The molecule has 2 aromatic carbocycles. The molecule has 3 aromatic rings. The van der Waals surface area contributed by atoms with E-state index in [1.54, 1.807) is 30.5 Å². The number of allylic oxidation sites excluding steroid dienone is 2. The molecule has 0 saturated carbocycles. The highest BCUT2D eigenvalue weighted by atomic mass is 16.4. The van der Waals surface area contributed by atoms with Gasteiger partial charge in [-0.25, -0.2) is 4.79 Å². The van der Waals surface area contributed by atoms with Crippen molar-refractivity contribution in [2.75, 3.05) is 0 Å². The Morgan fingerprint density at radius 2 is 1.74 bits per heavy atom. The first-order valence-electron chi connectivity index (χ1n) is 8.48. The third-order valence-electron chi connectivity index (χ3n) is 4.68. The van der Waals surface area contributed by atoms with Gasteiger partial charge in [0.1, 0.15) is 6.04 Å². The van der Waals surface area contributed by atoms with Gasteiger partial charge in [-0.3, -0.25) is 9.59 Å². The molecule has 1 atom stereocenters. The Labute approximate surface area is 154 Å². The van der Waals surface area contributed by atoms with Gasteiger partial charge in [0.25, 0.3) is 0 Å². The number of fused-ring (bicyclic) bond motifs is 2. The highest BCUT2D eigenvalue weighted by Crippen LogP contribution is 2.22. The summed E-state index contributed by atoms with van der Waals surface area (Å²) in [6.07, 6.45) is 3.11. The van der Waals surface area contributed by atoms with Crippen LogP contribution in [0.4, 0.5) is 0 Å². The molecule has 0 aliphatic heterocycles. The number of nitrogens with one attached hydrogen (secondary N) is 2. The number of rotatable bonds is 5. The first-order chi connectivity index (χ1) is 13.0. The summed E-state index contributed by atoms with van der Waals surface area (Å²) in [4.78, 5) is 39.8. The van der Waals surface area contributed by atoms with E-state index >= 15 is 0 Å². The van der Waals surface area contributed by atoms with E-state index in [2.05, 4.69) is 10.3 Å². The number of hydrogen-bond acceptors (Lipinski definition) is 4. The molecule has 6 nitrogen and oxygen atoms in total. The van der Waals surface area contributed by atoms with Crippen molar-refractivity contribution in [2.45, 2.75) is 12.5 Å². The Balaban J connectivity index is 1.62. The normalized spacial score (nSPS) is 14.6. The van der Waals surface area contributed by atoms with Crippen molar-refractivity contribution >= 4 is 28.4 Å². The number of carbonyl (C=O) groups excluding carboxylic acids is 2. The summed E-state index contributed by atoms with van der Waals surface area (Å²) in [6, 6.07) is 13.1. The topological polar surface area (TPSA) is 99.3 Å². The van der Waals surface area contributed by atoms with Gasteiger partial charge >= 0.3 is 5.97 Å². The molecule has 0 saturated heterocycles. The van der Waals surface area contributed by atoms with E-state index < -0.39 is 12.0 Å². The first kappa shape index (κ1) is 16.8. The van der Waals surface area contributed by atoms with Gasteiger partial charge in [0, 0.05) is 40.7 Å². The Bertz CT molecular complexity index is 1110. The maximum atomic E-state index is 12.7. The largest absolute Gasteiger partial charge is 0.480 e. The zero-order chi connectivity index (χ0) is 19.0. The number of carboxylic acid groups (broad SMARTS) is 1. The average molecular weight is 360 g/mol. The lowest BCUT2D eigenvalue weighted by Crippen LogP contribution is -2.41. The Hall–Kier alpha value is -3.67. The van der Waals surface area contributed by atoms with E-state index in [0.29, 0.717) is 5.56 Å². The summed E-state index contributed by atoms with van der Waals surface area (Å²) in [6.45, 7) is 0. The third-order valence-corrected chi connectivity index (χ3v) is 4.68. The molecular weight excluding hydrogens is 344 g/mol. The fourth-order valence-electron chi connectivity index (χ4n) is 3.33. The van der Waals surface area contributed by atoms with Crippen LogP contribution in [0.1, 0.15) is 26.3 Å². The number of aliphatic carboxylic acids is 1. The molecule has 1 unspecified atom stereocenters. The Morgan fingerprint density at radius 3 is 2.52 bits per heavy atom. The van der Waals surface area contributed by atoms with Gasteiger partial charge in [-0.15, -0.1) is 0 Å². The number of hydrogen-bond donors (Lipinski definition) is 3. The fourth-order valence-corrected chi connectivity index (χ4v) is 3.33. The average Bonchev–Trinajstić information content (AvgIpc) is 3.08. The number of aromatic amines is 1. The van der Waals surface area contributed by atoms with Crippen molar-refractivity contribution in [2.24, 2.45) is 0 Å². The molecule has 6 heteroatoms. The van der Waals surface area contributed by atoms with Gasteiger partial charge in [-0.2, -0.15) is 0 Å². The van der Waals surface area contributed by atoms with E-state index in [4.69, 9.17) is 0 Å². The molecule has 3 N–H and O–H groups in total. The summed E-state index contributed by atoms with van der Waals surface area (Å²) in [7, 11) is 0. The molecule has 0 spiro atoms. The minimum Gasteiger partial charge on any atom is -0.480 e. The lowest BCUT2D eigenvalue weighted by molar-refractivity contribution is -0.139. The number of carboxylic acids is 1. The van der Waals surface area contributed by atoms with Gasteiger partial charge < -0.3 is 15.4 Å². The molecular formula is C21H16N2O4. The number of H-pyrrole nitrogens is 1. The molecule has 0 radical (unpaired) electrons. The van der Waals surface area contributed by atoms with Crippen LogP contribution in [0.15, 0.2) is 66.5 Å². The molecule has 0 fully saturated rings. The number of aromatic nitrogens is 1. The number of benzene rings is 2. The highest BCUT2D eigenvalue weighted by Gasteiger charge is 2.29. The van der Waals surface area contributed by atoms with Crippen LogP contribution in [-0.4, -0.2) is 33.7 Å². The second-order valence-electron chi connectivity index (χ2n) is 6.40. The van der Waals surface area contributed by atoms with Crippen molar-refractivity contribution in [3.8, 4) is 0 Å². The van der Waals surface area contributed by atoms with Crippen molar-refractivity contribution in [1.82, 2.24) is 10.3 Å². The fraction of sp³-hybridized carbons (Fsp3) is 0.0952. The number of ketones is 2. The van der Waals surface area contributed by atoms with E-state index in [1.807, 2.05) is 24.3 Å². The van der Waals surface area contributed by atoms with Gasteiger partial charge in [0.2, 0.25) is 5.78 Å². The van der Waals surface area contributed by atoms with Crippen LogP contribution < -0.4 is 5.32 Å². The van der Waals surface area contributed by atoms with Crippen molar-refractivity contribution in [3.63, 3.8) is 0 Å². The zero-order valence-electron chi connectivity index (χ0n) is 14.2. The van der Waals surface area contributed by atoms with E-state index in [9.17, 15) is 19.5 Å². The molecule has 27 heavy (non-hydrogen) atoms. The molecule has 1 aliphatic rings. The van der Waals surface area contributed by atoms with Crippen molar-refractivity contribution < 1.29 is 19.5 Å². The van der Waals surface area contributed by atoms with Gasteiger partial charge in [0.05, 0.1) is 5.70 Å². The second kappa shape index (κ2) is 6.57. The quantitative estimate of drug-likeness (QED) is 0.650. The van der Waals surface area contributed by atoms with Crippen LogP contribution >= 0.6 is 0 Å². The smallest absolute Gasteiger partial charge is 0.326 e. The Kier molecular flexibility index (Phi) is 4.08. The van der Waals surface area contributed by atoms with E-state index in [-0.39, 0.29) is 29.2 Å². The second-order valence-corrected chi connectivity index (χ2v) is 6.40. The molecule has 1 aliphatic carbocycles. The third kappa shape index (κ3) is 3.01. The van der Waals surface area contributed by atoms with Crippen LogP contribution in [0.5, 0.6) is 0 Å². The SMILES string of the molecule is O=C1C=C(NC(Cc2c[nH]c3ccccc23)C(=O)O)C(=O)c2ccccc21. The number of para-hydroxylation sites is 1. The van der Waals surface area contributed by atoms with Gasteiger partial charge in [-0.1, -0.05) is 42.5 Å². The lowest BCUT2D eigenvalue weighted by atomic mass is 9.92. The summed E-state index contributed by atoms with van der Waals surface area (Å²) in [5.41, 5.74) is 2.35. The minimum atomic E-state index is -1.10. The predicted octanol–water partition coefficient (Wildman–Crippen LogP) is 2.72.